The van der Waals surface area contributed by atoms with Crippen molar-refractivity contribution < 1.29 is 9.26 Å². The minimum Gasteiger partial charge on any atom is -0.497 e. The third-order valence-corrected chi connectivity index (χ3v) is 3.42. The summed E-state index contributed by atoms with van der Waals surface area (Å²) in [5, 5.41) is 4.64. The number of methoxy groups -OCH3 is 1. The van der Waals surface area contributed by atoms with Crippen LogP contribution in [0.15, 0.2) is 53.1 Å². The van der Waals surface area contributed by atoms with E-state index in [0.717, 1.165) is 16.9 Å². The van der Waals surface area contributed by atoms with Crippen molar-refractivity contribution in [3.05, 3.63) is 65.0 Å². The lowest BCUT2D eigenvalue weighted by atomic mass is 10.2. The van der Waals surface area contributed by atoms with Crippen molar-refractivity contribution in [1.29, 1.82) is 0 Å². The van der Waals surface area contributed by atoms with Crippen LogP contribution in [0, 0.1) is 0 Å². The van der Waals surface area contributed by atoms with Crippen LogP contribution in [0.2, 0.25) is 5.02 Å². The molecule has 3 aromatic rings. The lowest BCUT2D eigenvalue weighted by Crippen LogP contribution is -1.85. The molecule has 0 spiro atoms. The van der Waals surface area contributed by atoms with E-state index in [1.165, 1.54) is 0 Å². The van der Waals surface area contributed by atoms with Crippen molar-refractivity contribution in [3.8, 4) is 17.1 Å². The number of rotatable bonds is 4. The number of nitrogens with zero attached hydrogens (tertiary/aromatic N) is 2. The third kappa shape index (κ3) is 3.18. The molecule has 1 aromatic heterocycles. The zero-order valence-electron chi connectivity index (χ0n) is 11.9. The second kappa shape index (κ2) is 6.45. The highest BCUT2D eigenvalue weighted by Gasteiger charge is 2.07. The molecule has 0 N–H and O–H groups in total. The maximum atomic E-state index is 6.09. The molecular formula is C17H13ClN2O2. The Labute approximate surface area is 133 Å². The molecule has 0 radical (unpaired) electrons. The summed E-state index contributed by atoms with van der Waals surface area (Å²) in [6.45, 7) is 0. The molecule has 3 rings (SSSR count). The Morgan fingerprint density at radius 3 is 2.77 bits per heavy atom. The second-order valence-electron chi connectivity index (χ2n) is 4.54. The normalized spacial score (nSPS) is 11.0. The first kappa shape index (κ1) is 14.4. The molecule has 0 aliphatic carbocycles. The maximum absolute atomic E-state index is 6.09. The summed E-state index contributed by atoms with van der Waals surface area (Å²) in [5.41, 5.74) is 1.73. The van der Waals surface area contributed by atoms with Gasteiger partial charge in [0.1, 0.15) is 5.75 Å². The Kier molecular flexibility index (Phi) is 4.21. The Hall–Kier alpha value is -2.59. The fourth-order valence-electron chi connectivity index (χ4n) is 1.95. The Bertz CT molecular complexity index is 812. The average molecular weight is 313 g/mol. The largest absolute Gasteiger partial charge is 0.497 e. The number of ether oxygens (including phenoxy) is 1. The quantitative estimate of drug-likeness (QED) is 0.708. The lowest BCUT2D eigenvalue weighted by Gasteiger charge is -1.99. The molecule has 0 saturated heterocycles. The van der Waals surface area contributed by atoms with Crippen LogP contribution >= 0.6 is 11.6 Å². The standard InChI is InChI=1S/C17H13ClN2O2/c1-21-14-7-4-6-13(11-14)17-19-16(22-20-17)10-9-12-5-2-3-8-15(12)18/h2-11H,1H3/b10-9+. The highest BCUT2D eigenvalue weighted by molar-refractivity contribution is 6.32. The highest BCUT2D eigenvalue weighted by atomic mass is 35.5. The van der Waals surface area contributed by atoms with Gasteiger partial charge in [-0.25, -0.2) is 0 Å². The molecule has 0 atom stereocenters. The topological polar surface area (TPSA) is 48.2 Å². The Morgan fingerprint density at radius 1 is 1.09 bits per heavy atom. The van der Waals surface area contributed by atoms with Crippen molar-refractivity contribution in [3.63, 3.8) is 0 Å². The van der Waals surface area contributed by atoms with Crippen LogP contribution in [0.1, 0.15) is 11.5 Å². The zero-order chi connectivity index (χ0) is 15.4. The molecule has 4 nitrogen and oxygen atoms in total. The van der Waals surface area contributed by atoms with Crippen LogP contribution in [-0.4, -0.2) is 17.3 Å². The summed E-state index contributed by atoms with van der Waals surface area (Å²) in [5.74, 6) is 1.67. The van der Waals surface area contributed by atoms with Crippen LogP contribution in [-0.2, 0) is 0 Å². The smallest absolute Gasteiger partial charge is 0.250 e. The van der Waals surface area contributed by atoms with Crippen LogP contribution in [0.25, 0.3) is 23.5 Å². The summed E-state index contributed by atoms with van der Waals surface area (Å²) in [7, 11) is 1.62. The first-order chi connectivity index (χ1) is 10.8. The SMILES string of the molecule is COc1cccc(-c2noc(/C=C/c3ccccc3Cl)n2)c1. The van der Waals surface area contributed by atoms with E-state index in [1.54, 1.807) is 13.2 Å². The van der Waals surface area contributed by atoms with Gasteiger partial charge in [0, 0.05) is 16.7 Å². The van der Waals surface area contributed by atoms with E-state index < -0.39 is 0 Å². The molecule has 0 saturated carbocycles. The first-order valence-corrected chi connectivity index (χ1v) is 7.05. The number of hydrogen-bond acceptors (Lipinski definition) is 4. The number of halogens is 1. The number of aromatic nitrogens is 2. The van der Waals surface area contributed by atoms with Crippen LogP contribution in [0.5, 0.6) is 5.75 Å². The van der Waals surface area contributed by atoms with Crippen LogP contribution in [0.4, 0.5) is 0 Å². The fourth-order valence-corrected chi connectivity index (χ4v) is 2.15. The van der Waals surface area contributed by atoms with E-state index in [0.29, 0.717) is 16.7 Å². The summed E-state index contributed by atoms with van der Waals surface area (Å²) in [6, 6.07) is 15.0. The molecule has 22 heavy (non-hydrogen) atoms. The minimum atomic E-state index is 0.415. The van der Waals surface area contributed by atoms with Gasteiger partial charge in [0.05, 0.1) is 7.11 Å². The van der Waals surface area contributed by atoms with Gasteiger partial charge in [-0.3, -0.25) is 0 Å². The molecule has 110 valence electrons. The van der Waals surface area contributed by atoms with Gasteiger partial charge < -0.3 is 9.26 Å². The predicted molar refractivity (Wildman–Crippen MR) is 86.7 cm³/mol. The van der Waals surface area contributed by atoms with E-state index in [9.17, 15) is 0 Å². The summed E-state index contributed by atoms with van der Waals surface area (Å²) in [4.78, 5) is 4.34. The minimum absolute atomic E-state index is 0.415. The second-order valence-corrected chi connectivity index (χ2v) is 4.95. The fraction of sp³-hybridized carbons (Fsp3) is 0.0588. The highest BCUT2D eigenvalue weighted by Crippen LogP contribution is 2.22. The van der Waals surface area contributed by atoms with Gasteiger partial charge in [-0.1, -0.05) is 47.1 Å². The van der Waals surface area contributed by atoms with E-state index >= 15 is 0 Å². The molecular weight excluding hydrogens is 300 g/mol. The van der Waals surface area contributed by atoms with Crippen molar-refractivity contribution in [2.45, 2.75) is 0 Å². The molecule has 0 aliphatic heterocycles. The van der Waals surface area contributed by atoms with Crippen molar-refractivity contribution in [2.24, 2.45) is 0 Å². The Morgan fingerprint density at radius 2 is 1.95 bits per heavy atom. The van der Waals surface area contributed by atoms with Crippen LogP contribution < -0.4 is 4.74 Å². The molecule has 0 fully saturated rings. The van der Waals surface area contributed by atoms with Gasteiger partial charge in [0.15, 0.2) is 0 Å². The molecule has 0 bridgehead atoms. The first-order valence-electron chi connectivity index (χ1n) is 6.67. The monoisotopic (exact) mass is 312 g/mol. The van der Waals surface area contributed by atoms with Crippen molar-refractivity contribution in [2.75, 3.05) is 7.11 Å². The molecule has 0 amide bonds. The summed E-state index contributed by atoms with van der Waals surface area (Å²) in [6.07, 6.45) is 3.57. The van der Waals surface area contributed by atoms with Gasteiger partial charge in [-0.05, 0) is 29.8 Å². The zero-order valence-corrected chi connectivity index (χ0v) is 12.6. The molecule has 1 heterocycles. The maximum Gasteiger partial charge on any atom is 0.250 e. The molecule has 0 unspecified atom stereocenters. The molecule has 2 aromatic carbocycles. The summed E-state index contributed by atoms with van der Waals surface area (Å²) < 4.78 is 10.4. The van der Waals surface area contributed by atoms with Gasteiger partial charge in [0.25, 0.3) is 5.89 Å². The molecule has 5 heteroatoms. The van der Waals surface area contributed by atoms with Gasteiger partial charge in [-0.15, -0.1) is 0 Å². The average Bonchev–Trinajstić information content (AvgIpc) is 3.03. The lowest BCUT2D eigenvalue weighted by molar-refractivity contribution is 0.410. The summed E-state index contributed by atoms with van der Waals surface area (Å²) >= 11 is 6.09. The third-order valence-electron chi connectivity index (χ3n) is 3.08. The number of benzene rings is 2. The van der Waals surface area contributed by atoms with Gasteiger partial charge >= 0.3 is 0 Å². The van der Waals surface area contributed by atoms with Gasteiger partial charge in [0.2, 0.25) is 5.82 Å². The van der Waals surface area contributed by atoms with Crippen LogP contribution in [0.3, 0.4) is 0 Å². The predicted octanol–water partition coefficient (Wildman–Crippen LogP) is 4.57. The molecule has 0 aliphatic rings. The van der Waals surface area contributed by atoms with Crippen molar-refractivity contribution >= 4 is 23.8 Å². The number of hydrogen-bond donors (Lipinski definition) is 0. The van der Waals surface area contributed by atoms with Crippen molar-refractivity contribution in [1.82, 2.24) is 10.1 Å². The van der Waals surface area contributed by atoms with E-state index in [2.05, 4.69) is 10.1 Å². The van der Waals surface area contributed by atoms with E-state index in [4.69, 9.17) is 20.9 Å². The van der Waals surface area contributed by atoms with E-state index in [1.807, 2.05) is 54.6 Å². The Balaban J connectivity index is 1.83. The van der Waals surface area contributed by atoms with E-state index in [-0.39, 0.29) is 0 Å². The van der Waals surface area contributed by atoms with Gasteiger partial charge in [-0.2, -0.15) is 4.98 Å².